The zero-order valence-corrected chi connectivity index (χ0v) is 18.7. The molecule has 5 rings (SSSR count). The van der Waals surface area contributed by atoms with Crippen LogP contribution in [0.4, 0.5) is 0 Å². The van der Waals surface area contributed by atoms with Crippen molar-refractivity contribution in [3.05, 3.63) is 87.8 Å². The summed E-state index contributed by atoms with van der Waals surface area (Å²) >= 11 is 0. The summed E-state index contributed by atoms with van der Waals surface area (Å²) in [5, 5.41) is 9.29. The predicted octanol–water partition coefficient (Wildman–Crippen LogP) is 3.24. The maximum atomic E-state index is 13.4. The van der Waals surface area contributed by atoms with Crippen molar-refractivity contribution in [1.82, 2.24) is 18.9 Å². The van der Waals surface area contributed by atoms with E-state index in [0.29, 0.717) is 48.7 Å². The van der Waals surface area contributed by atoms with Gasteiger partial charge in [-0.1, -0.05) is 43.3 Å². The quantitative estimate of drug-likeness (QED) is 0.494. The number of aryl methyl sites for hydroxylation is 2. The lowest BCUT2D eigenvalue weighted by Crippen LogP contribution is -2.41. The van der Waals surface area contributed by atoms with Gasteiger partial charge in [0.1, 0.15) is 16.8 Å². The molecule has 1 amide bonds. The lowest BCUT2D eigenvalue weighted by Gasteiger charge is -2.30. The molecule has 1 N–H and O–H groups in total. The summed E-state index contributed by atoms with van der Waals surface area (Å²) in [6, 6.07) is 17.0. The van der Waals surface area contributed by atoms with E-state index in [1.54, 1.807) is 29.0 Å². The van der Waals surface area contributed by atoms with Crippen molar-refractivity contribution in [1.29, 1.82) is 5.41 Å². The van der Waals surface area contributed by atoms with Gasteiger partial charge in [0.2, 0.25) is 0 Å². The monoisotopic (exact) mass is 441 g/mol. The molecule has 1 fully saturated rings. The van der Waals surface area contributed by atoms with Crippen molar-refractivity contribution in [2.45, 2.75) is 32.7 Å². The number of nitrogens with one attached hydrogen (secondary N) is 1. The molecule has 7 heteroatoms. The van der Waals surface area contributed by atoms with Crippen LogP contribution >= 0.6 is 0 Å². The molecule has 1 aliphatic heterocycles. The smallest absolute Gasteiger partial charge is 0.267 e. The van der Waals surface area contributed by atoms with Gasteiger partial charge in [0.15, 0.2) is 0 Å². The van der Waals surface area contributed by atoms with E-state index < -0.39 is 0 Å². The van der Waals surface area contributed by atoms with Crippen LogP contribution in [0.25, 0.3) is 16.7 Å². The molecule has 0 aliphatic carbocycles. The number of pyridine rings is 2. The summed E-state index contributed by atoms with van der Waals surface area (Å²) in [4.78, 5) is 33.3. The third-order valence-electron chi connectivity index (χ3n) is 6.59. The van der Waals surface area contributed by atoms with Crippen LogP contribution in [0.5, 0.6) is 0 Å². The SMILES string of the molecule is CC1CCN(C(=O)c2cc3c(=O)n4ccccc4nc3n(CCc3ccccc3)c2=N)CC1. The topological polar surface area (TPSA) is 83.5 Å². The zero-order valence-electron chi connectivity index (χ0n) is 18.7. The van der Waals surface area contributed by atoms with Crippen LogP contribution in [-0.4, -0.2) is 37.8 Å². The van der Waals surface area contributed by atoms with Crippen LogP contribution in [0.3, 0.4) is 0 Å². The van der Waals surface area contributed by atoms with E-state index in [9.17, 15) is 9.59 Å². The highest BCUT2D eigenvalue weighted by molar-refractivity contribution is 5.97. The van der Waals surface area contributed by atoms with Crippen molar-refractivity contribution in [2.24, 2.45) is 5.92 Å². The average Bonchev–Trinajstić information content (AvgIpc) is 2.84. The second-order valence-electron chi connectivity index (χ2n) is 8.85. The van der Waals surface area contributed by atoms with Gasteiger partial charge in [-0.2, -0.15) is 0 Å². The van der Waals surface area contributed by atoms with Gasteiger partial charge in [0.25, 0.3) is 11.5 Å². The Balaban J connectivity index is 1.67. The number of aromatic nitrogens is 3. The first-order valence-corrected chi connectivity index (χ1v) is 11.5. The van der Waals surface area contributed by atoms with Crippen molar-refractivity contribution >= 4 is 22.6 Å². The summed E-state index contributed by atoms with van der Waals surface area (Å²) in [7, 11) is 0. The first kappa shape index (κ1) is 21.1. The molecule has 1 aliphatic rings. The standard InChI is InChI=1S/C26H27N5O2/c1-18-10-14-29(15-11-18)25(32)20-17-21-24(28-22-9-5-6-13-30(22)26(21)33)31(23(20)27)16-12-19-7-3-2-4-8-19/h2-9,13,17-18,27H,10-12,14-16H2,1H3. The van der Waals surface area contributed by atoms with Gasteiger partial charge in [-0.15, -0.1) is 0 Å². The fourth-order valence-corrected chi connectivity index (χ4v) is 4.54. The van der Waals surface area contributed by atoms with Crippen molar-refractivity contribution in [3.63, 3.8) is 0 Å². The van der Waals surface area contributed by atoms with Crippen LogP contribution < -0.4 is 11.0 Å². The molecule has 0 radical (unpaired) electrons. The minimum atomic E-state index is -0.231. The zero-order chi connectivity index (χ0) is 22.9. The Labute approximate surface area is 191 Å². The normalized spacial score (nSPS) is 14.8. The predicted molar refractivity (Wildman–Crippen MR) is 127 cm³/mol. The molecule has 33 heavy (non-hydrogen) atoms. The Bertz CT molecular complexity index is 1450. The Kier molecular flexibility index (Phi) is 5.54. The molecule has 0 unspecified atom stereocenters. The van der Waals surface area contributed by atoms with Gasteiger partial charge in [-0.25, -0.2) is 4.98 Å². The number of hydrogen-bond acceptors (Lipinski definition) is 4. The molecular weight excluding hydrogens is 414 g/mol. The van der Waals surface area contributed by atoms with Crippen molar-refractivity contribution in [2.75, 3.05) is 13.1 Å². The molecule has 0 atom stereocenters. The fourth-order valence-electron chi connectivity index (χ4n) is 4.54. The number of carbonyl (C=O) groups is 1. The molecule has 3 aromatic heterocycles. The first-order chi connectivity index (χ1) is 16.0. The van der Waals surface area contributed by atoms with E-state index >= 15 is 0 Å². The van der Waals surface area contributed by atoms with E-state index in [-0.39, 0.29) is 22.5 Å². The van der Waals surface area contributed by atoms with Gasteiger partial charge in [0, 0.05) is 25.8 Å². The third kappa shape index (κ3) is 3.95. The Morgan fingerprint density at radius 1 is 1.09 bits per heavy atom. The molecular formula is C26H27N5O2. The summed E-state index contributed by atoms with van der Waals surface area (Å²) in [6.07, 6.45) is 4.26. The van der Waals surface area contributed by atoms with Crippen LogP contribution in [0.2, 0.25) is 0 Å². The number of piperidine rings is 1. The summed E-state index contributed by atoms with van der Waals surface area (Å²) < 4.78 is 3.21. The van der Waals surface area contributed by atoms with E-state index in [4.69, 9.17) is 10.4 Å². The van der Waals surface area contributed by atoms with Crippen molar-refractivity contribution < 1.29 is 4.79 Å². The number of fused-ring (bicyclic) bond motifs is 2. The number of carbonyl (C=O) groups excluding carboxylic acids is 1. The molecule has 4 heterocycles. The van der Waals surface area contributed by atoms with Gasteiger partial charge >= 0.3 is 0 Å². The van der Waals surface area contributed by atoms with Gasteiger partial charge < -0.3 is 9.47 Å². The molecule has 168 valence electrons. The second-order valence-corrected chi connectivity index (χ2v) is 8.85. The van der Waals surface area contributed by atoms with Gasteiger partial charge in [-0.3, -0.25) is 19.4 Å². The first-order valence-electron chi connectivity index (χ1n) is 11.5. The minimum Gasteiger partial charge on any atom is -0.339 e. The highest BCUT2D eigenvalue weighted by Crippen LogP contribution is 2.19. The van der Waals surface area contributed by atoms with E-state index in [1.807, 2.05) is 41.3 Å². The van der Waals surface area contributed by atoms with E-state index in [2.05, 4.69) is 6.92 Å². The van der Waals surface area contributed by atoms with Crippen LogP contribution in [0.1, 0.15) is 35.7 Å². The number of rotatable bonds is 4. The van der Waals surface area contributed by atoms with Crippen LogP contribution in [0.15, 0.2) is 65.6 Å². The molecule has 0 spiro atoms. The van der Waals surface area contributed by atoms with Crippen LogP contribution in [-0.2, 0) is 13.0 Å². The molecule has 0 bridgehead atoms. The number of nitrogens with zero attached hydrogens (tertiary/aromatic N) is 4. The Morgan fingerprint density at radius 3 is 2.58 bits per heavy atom. The lowest BCUT2D eigenvalue weighted by molar-refractivity contribution is 0.0694. The van der Waals surface area contributed by atoms with Crippen LogP contribution in [0, 0.1) is 11.3 Å². The van der Waals surface area contributed by atoms with Gasteiger partial charge in [-0.05, 0) is 48.9 Å². The highest BCUT2D eigenvalue weighted by atomic mass is 16.2. The number of likely N-dealkylation sites (tertiary alicyclic amines) is 1. The highest BCUT2D eigenvalue weighted by Gasteiger charge is 2.25. The molecule has 1 aromatic carbocycles. The van der Waals surface area contributed by atoms with E-state index in [1.165, 1.54) is 4.40 Å². The average molecular weight is 442 g/mol. The molecule has 4 aromatic rings. The molecule has 7 nitrogen and oxygen atoms in total. The Hall–Kier alpha value is -3.74. The maximum absolute atomic E-state index is 13.4. The number of amides is 1. The Morgan fingerprint density at radius 2 is 1.82 bits per heavy atom. The summed E-state index contributed by atoms with van der Waals surface area (Å²) in [5.74, 6) is 0.414. The van der Waals surface area contributed by atoms with Crippen molar-refractivity contribution in [3.8, 4) is 0 Å². The summed E-state index contributed by atoms with van der Waals surface area (Å²) in [5.41, 5.74) is 2.22. The summed E-state index contributed by atoms with van der Waals surface area (Å²) in [6.45, 7) is 4.00. The fraction of sp³-hybridized carbons (Fsp3) is 0.308. The second kappa shape index (κ2) is 8.65. The minimum absolute atomic E-state index is 0.106. The maximum Gasteiger partial charge on any atom is 0.267 e. The lowest BCUT2D eigenvalue weighted by atomic mass is 9.98. The van der Waals surface area contributed by atoms with E-state index in [0.717, 1.165) is 18.4 Å². The number of hydrogen-bond donors (Lipinski definition) is 1. The van der Waals surface area contributed by atoms with Gasteiger partial charge in [0.05, 0.1) is 10.9 Å². The third-order valence-corrected chi connectivity index (χ3v) is 6.59. The molecule has 1 saturated heterocycles. The largest absolute Gasteiger partial charge is 0.339 e. The molecule has 0 saturated carbocycles. The number of benzene rings is 1.